The molecule has 1 unspecified atom stereocenters. The molecule has 70 valence electrons. The van der Waals surface area contributed by atoms with E-state index in [4.69, 9.17) is 0 Å². The van der Waals surface area contributed by atoms with Gasteiger partial charge < -0.3 is 19.8 Å². The number of aliphatic carboxylic acids is 2. The van der Waals surface area contributed by atoms with E-state index in [-0.39, 0.29) is 129 Å². The fourth-order valence-electron chi connectivity index (χ4n) is 0.801. The van der Waals surface area contributed by atoms with Gasteiger partial charge in [-0.25, -0.2) is 0 Å². The Morgan fingerprint density at radius 3 is 1.86 bits per heavy atom. The second kappa shape index (κ2) is 10.7. The van der Waals surface area contributed by atoms with Gasteiger partial charge in [-0.15, -0.1) is 0 Å². The molecule has 0 aromatic rings. The maximum Gasteiger partial charge on any atom is 1.00 e. The van der Waals surface area contributed by atoms with Crippen molar-refractivity contribution in [3.63, 3.8) is 0 Å². The van der Waals surface area contributed by atoms with Gasteiger partial charge in [0, 0.05) is 17.4 Å². The zero-order valence-electron chi connectivity index (χ0n) is 9.25. The molecule has 0 amide bonds. The minimum atomic E-state index is -1.23. The molecular weight excluding hydrogens is 331 g/mol. The third-order valence-corrected chi connectivity index (χ3v) is 2.15. The molecule has 0 saturated heterocycles. The number of carbonyl (C=O) groups is 2. The van der Waals surface area contributed by atoms with Crippen LogP contribution in [0.2, 0.25) is 0 Å². The summed E-state index contributed by atoms with van der Waals surface area (Å²) in [6, 6.07) is 0. The van der Waals surface area contributed by atoms with Crippen molar-refractivity contribution in [2.75, 3.05) is 0 Å². The molecule has 0 aromatic carbocycles. The maximum absolute atomic E-state index is 10.5. The Hall–Kier alpha value is 2.55. The van der Waals surface area contributed by atoms with E-state index in [0.29, 0.717) is 6.42 Å². The molecule has 0 saturated carbocycles. The Labute approximate surface area is 182 Å². The minimum absolute atomic E-state index is 0. The molecule has 4 nitrogen and oxygen atoms in total. The number of carboxylic acid groups (broad SMARTS) is 2. The molecule has 0 spiro atoms. The Balaban J connectivity index is -0.000000605. The predicted molar refractivity (Wildman–Crippen MR) is 37.6 cm³/mol. The van der Waals surface area contributed by atoms with Crippen molar-refractivity contribution < 1.29 is 136 Å². The first-order valence-corrected chi connectivity index (χ1v) is 3.83. The summed E-state index contributed by atoms with van der Waals surface area (Å²) in [6.45, 7) is 3.16. The summed E-state index contributed by atoms with van der Waals surface area (Å²) in [7, 11) is 0. The molecule has 0 fully saturated rings. The van der Waals surface area contributed by atoms with E-state index in [2.05, 4.69) is 0 Å². The smallest absolute Gasteiger partial charge is 0.550 e. The number of hydrogen-bond acceptors (Lipinski definition) is 4. The third kappa shape index (κ3) is 8.67. The molecule has 0 bridgehead atoms. The molecule has 0 aliphatic carbocycles. The summed E-state index contributed by atoms with van der Waals surface area (Å²) in [6.07, 6.45) is 0.190. The van der Waals surface area contributed by atoms with Gasteiger partial charge in [-0.05, 0) is 19.3 Å². The molecule has 0 aromatic heterocycles. The topological polar surface area (TPSA) is 80.3 Å². The summed E-state index contributed by atoms with van der Waals surface area (Å²) in [5, 5.41) is 20.6. The Morgan fingerprint density at radius 2 is 1.64 bits per heavy atom. The van der Waals surface area contributed by atoms with E-state index in [1.54, 1.807) is 6.92 Å². The van der Waals surface area contributed by atoms with Gasteiger partial charge in [0.1, 0.15) is 0 Å². The average Bonchev–Trinajstić information content (AvgIpc) is 1.99. The fraction of sp³-hybridized carbons (Fsp3) is 0.750. The molecule has 0 aliphatic rings. The standard InChI is InChI=1S/C8H14O4.2Rb/c1-3-8(2,7(11)12)5-4-6(9)10;;/h3-5H2,1-2H3,(H,9,10)(H,11,12);;/q;2*+1/p-2. The number of carboxylic acids is 2. The summed E-state index contributed by atoms with van der Waals surface area (Å²) in [5.41, 5.74) is -1.04. The molecule has 6 heteroatoms. The first-order chi connectivity index (χ1) is 5.42. The van der Waals surface area contributed by atoms with Crippen molar-refractivity contribution in [2.24, 2.45) is 5.41 Å². The van der Waals surface area contributed by atoms with Gasteiger partial charge in [0.15, 0.2) is 0 Å². The molecular formula is C8H12O4Rb2. The van der Waals surface area contributed by atoms with Crippen LogP contribution < -0.4 is 127 Å². The minimum Gasteiger partial charge on any atom is -0.550 e. The molecule has 0 heterocycles. The molecule has 0 radical (unpaired) electrons. The van der Waals surface area contributed by atoms with Crippen molar-refractivity contribution in [1.82, 2.24) is 0 Å². The van der Waals surface area contributed by atoms with Gasteiger partial charge in [0.2, 0.25) is 0 Å². The van der Waals surface area contributed by atoms with Crippen molar-refractivity contribution in [2.45, 2.75) is 33.1 Å². The van der Waals surface area contributed by atoms with E-state index >= 15 is 0 Å². The molecule has 0 rings (SSSR count). The largest absolute Gasteiger partial charge is 1.00 e. The first-order valence-electron chi connectivity index (χ1n) is 3.83. The summed E-state index contributed by atoms with van der Waals surface area (Å²) in [4.78, 5) is 20.6. The van der Waals surface area contributed by atoms with Crippen LogP contribution in [-0.4, -0.2) is 11.9 Å². The van der Waals surface area contributed by atoms with E-state index in [0.717, 1.165) is 0 Å². The first kappa shape index (κ1) is 21.8. The van der Waals surface area contributed by atoms with Crippen LogP contribution in [0.25, 0.3) is 0 Å². The van der Waals surface area contributed by atoms with Crippen LogP contribution in [0.3, 0.4) is 0 Å². The predicted octanol–water partition coefficient (Wildman–Crippen LogP) is -7.31. The summed E-state index contributed by atoms with van der Waals surface area (Å²) >= 11 is 0. The summed E-state index contributed by atoms with van der Waals surface area (Å²) < 4.78 is 0. The van der Waals surface area contributed by atoms with Crippen LogP contribution in [0.15, 0.2) is 0 Å². The van der Waals surface area contributed by atoms with E-state index in [9.17, 15) is 19.8 Å². The Kier molecular flexibility index (Phi) is 16.6. The van der Waals surface area contributed by atoms with Crippen molar-refractivity contribution in [3.05, 3.63) is 0 Å². The van der Waals surface area contributed by atoms with Crippen molar-refractivity contribution in [1.29, 1.82) is 0 Å². The van der Waals surface area contributed by atoms with E-state index in [1.165, 1.54) is 6.92 Å². The maximum atomic E-state index is 10.5. The van der Waals surface area contributed by atoms with E-state index < -0.39 is 17.4 Å². The van der Waals surface area contributed by atoms with Gasteiger partial charge in [0.25, 0.3) is 0 Å². The fourth-order valence-corrected chi connectivity index (χ4v) is 0.801. The van der Waals surface area contributed by atoms with Gasteiger partial charge >= 0.3 is 116 Å². The molecule has 0 N–H and O–H groups in total. The van der Waals surface area contributed by atoms with Crippen molar-refractivity contribution in [3.8, 4) is 0 Å². The van der Waals surface area contributed by atoms with Gasteiger partial charge in [-0.3, -0.25) is 0 Å². The van der Waals surface area contributed by atoms with Crippen LogP contribution in [0.1, 0.15) is 33.1 Å². The SMILES string of the molecule is CCC(C)(CCC(=O)[O-])C(=O)[O-].[Rb+].[Rb+]. The van der Waals surface area contributed by atoms with Crippen LogP contribution in [0.4, 0.5) is 0 Å². The monoisotopic (exact) mass is 342 g/mol. The van der Waals surface area contributed by atoms with Gasteiger partial charge in [-0.1, -0.05) is 13.8 Å². The number of rotatable bonds is 5. The zero-order valence-corrected chi connectivity index (χ0v) is 19.1. The Morgan fingerprint density at radius 1 is 1.21 bits per heavy atom. The second-order valence-corrected chi connectivity index (χ2v) is 3.07. The molecule has 14 heavy (non-hydrogen) atoms. The number of hydrogen-bond donors (Lipinski definition) is 0. The average molecular weight is 343 g/mol. The zero-order chi connectivity index (χ0) is 9.78. The van der Waals surface area contributed by atoms with Crippen LogP contribution >= 0.6 is 0 Å². The van der Waals surface area contributed by atoms with Gasteiger partial charge in [0.05, 0.1) is 0 Å². The summed E-state index contributed by atoms with van der Waals surface area (Å²) in [5.74, 6) is -2.43. The third-order valence-electron chi connectivity index (χ3n) is 2.15. The van der Waals surface area contributed by atoms with Gasteiger partial charge in [-0.2, -0.15) is 0 Å². The second-order valence-electron chi connectivity index (χ2n) is 3.07. The van der Waals surface area contributed by atoms with Crippen LogP contribution in [-0.2, 0) is 9.59 Å². The van der Waals surface area contributed by atoms with Crippen molar-refractivity contribution >= 4 is 11.9 Å². The van der Waals surface area contributed by atoms with Crippen LogP contribution in [0.5, 0.6) is 0 Å². The Bertz CT molecular complexity index is 196. The normalized spacial score (nSPS) is 13.0. The van der Waals surface area contributed by atoms with Crippen LogP contribution in [0, 0.1) is 5.41 Å². The quantitative estimate of drug-likeness (QED) is 0.497. The number of carbonyl (C=O) groups excluding carboxylic acids is 2. The molecule has 0 aliphatic heterocycles. The van der Waals surface area contributed by atoms with E-state index in [1.807, 2.05) is 0 Å². The molecule has 1 atom stereocenters.